The molecule has 1 N–H and O–H groups in total. The lowest BCUT2D eigenvalue weighted by atomic mass is 10.0. The topological polar surface area (TPSA) is 83.6 Å². The molecule has 0 aromatic heterocycles. The first-order valence-corrected chi connectivity index (χ1v) is 14.3. The van der Waals surface area contributed by atoms with Crippen molar-refractivity contribution in [2.24, 2.45) is 0 Å². The molecule has 38 heavy (non-hydrogen) atoms. The first-order chi connectivity index (χ1) is 18.1. The molecule has 4 rings (SSSR count). The summed E-state index contributed by atoms with van der Waals surface area (Å²) in [6, 6.07) is 25.9. The molecular weight excluding hydrogens is 611 g/mol. The fraction of sp³-hybridized carbons (Fsp3) is 0.0714. The summed E-state index contributed by atoms with van der Waals surface area (Å²) in [4.78, 5) is 26.4. The number of hydrogen-bond acceptors (Lipinski definition) is 4. The van der Waals surface area contributed by atoms with Crippen LogP contribution in [0.15, 0.2) is 106 Å². The number of hydrogen-bond donors (Lipinski definition) is 1. The van der Waals surface area contributed by atoms with Gasteiger partial charge in [0, 0.05) is 32.2 Å². The van der Waals surface area contributed by atoms with E-state index in [1.807, 2.05) is 0 Å². The highest BCUT2D eigenvalue weighted by Gasteiger charge is 2.27. The molecule has 0 unspecified atom stereocenters. The number of nitrogens with zero attached hydrogens (tertiary/aromatic N) is 1. The van der Waals surface area contributed by atoms with Crippen LogP contribution in [0.1, 0.15) is 21.5 Å². The third kappa shape index (κ3) is 6.89. The van der Waals surface area contributed by atoms with Crippen LogP contribution in [0.5, 0.6) is 0 Å². The first kappa shape index (κ1) is 28.0. The number of nitrogens with one attached hydrogen (secondary N) is 1. The molecule has 0 fully saturated rings. The molecular formula is C28H21BrCl2N2O4S. The molecule has 194 valence electrons. The van der Waals surface area contributed by atoms with Gasteiger partial charge in [-0.25, -0.2) is 8.42 Å². The van der Waals surface area contributed by atoms with Crippen LogP contribution < -0.4 is 5.32 Å². The number of amides is 1. The van der Waals surface area contributed by atoms with Crippen molar-refractivity contribution in [3.8, 4) is 0 Å². The predicted octanol–water partition coefficient (Wildman–Crippen LogP) is 6.82. The van der Waals surface area contributed by atoms with E-state index in [-0.39, 0.29) is 28.5 Å². The van der Waals surface area contributed by atoms with Crippen LogP contribution in [0.4, 0.5) is 5.69 Å². The van der Waals surface area contributed by atoms with Crippen molar-refractivity contribution in [2.45, 2.75) is 11.4 Å². The third-order valence-corrected chi connectivity index (χ3v) is 8.40. The summed E-state index contributed by atoms with van der Waals surface area (Å²) in [5, 5.41) is 3.52. The number of sulfonamides is 1. The van der Waals surface area contributed by atoms with E-state index in [1.54, 1.807) is 72.8 Å². The van der Waals surface area contributed by atoms with Crippen molar-refractivity contribution in [3.05, 3.63) is 128 Å². The number of anilines is 1. The highest BCUT2D eigenvalue weighted by molar-refractivity contribution is 9.10. The molecule has 0 saturated carbocycles. The van der Waals surface area contributed by atoms with Gasteiger partial charge < -0.3 is 5.32 Å². The minimum atomic E-state index is -4.06. The number of carbonyl (C=O) groups is 2. The number of benzene rings is 4. The number of halogens is 3. The molecule has 0 spiro atoms. The van der Waals surface area contributed by atoms with Gasteiger partial charge in [-0.1, -0.05) is 81.6 Å². The lowest BCUT2D eigenvalue weighted by Gasteiger charge is -2.22. The lowest BCUT2D eigenvalue weighted by molar-refractivity contribution is -0.116. The Bertz CT molecular complexity index is 1560. The average molecular weight is 632 g/mol. The van der Waals surface area contributed by atoms with Gasteiger partial charge in [0.2, 0.25) is 15.9 Å². The van der Waals surface area contributed by atoms with Crippen molar-refractivity contribution in [3.63, 3.8) is 0 Å². The fourth-order valence-electron chi connectivity index (χ4n) is 3.68. The summed E-state index contributed by atoms with van der Waals surface area (Å²) in [5.41, 5.74) is 1.49. The molecule has 0 aliphatic rings. The zero-order valence-corrected chi connectivity index (χ0v) is 23.7. The van der Waals surface area contributed by atoms with E-state index in [1.165, 1.54) is 24.3 Å². The van der Waals surface area contributed by atoms with Gasteiger partial charge in [-0.3, -0.25) is 9.59 Å². The fourth-order valence-corrected chi connectivity index (χ4v) is 5.63. The van der Waals surface area contributed by atoms with Crippen LogP contribution >= 0.6 is 39.1 Å². The Kier molecular flexibility index (Phi) is 9.02. The Balaban J connectivity index is 1.63. The molecule has 10 heteroatoms. The summed E-state index contributed by atoms with van der Waals surface area (Å²) >= 11 is 15.4. The van der Waals surface area contributed by atoms with E-state index in [0.717, 1.165) is 8.78 Å². The smallest absolute Gasteiger partial charge is 0.243 e. The highest BCUT2D eigenvalue weighted by Crippen LogP contribution is 2.25. The van der Waals surface area contributed by atoms with E-state index in [2.05, 4.69) is 21.2 Å². The monoisotopic (exact) mass is 630 g/mol. The molecule has 0 heterocycles. The van der Waals surface area contributed by atoms with Crippen LogP contribution in [0.2, 0.25) is 10.0 Å². The first-order valence-electron chi connectivity index (χ1n) is 11.3. The maximum atomic E-state index is 13.5. The number of ketones is 1. The minimum Gasteiger partial charge on any atom is -0.324 e. The second-order valence-electron chi connectivity index (χ2n) is 8.29. The Morgan fingerprint density at radius 1 is 0.816 bits per heavy atom. The van der Waals surface area contributed by atoms with Crippen molar-refractivity contribution in [2.75, 3.05) is 11.9 Å². The SMILES string of the molecule is O=C(CN(Cc1ccc(Cl)cc1)S(=O)(=O)c1ccc(Br)cc1)Nc1ccc(Cl)cc1C(=O)c1ccccc1. The lowest BCUT2D eigenvalue weighted by Crippen LogP contribution is -2.37. The van der Waals surface area contributed by atoms with Crippen molar-refractivity contribution < 1.29 is 18.0 Å². The van der Waals surface area contributed by atoms with Crippen LogP contribution in [0, 0.1) is 0 Å². The molecule has 4 aromatic rings. The zero-order valence-electron chi connectivity index (χ0n) is 19.8. The highest BCUT2D eigenvalue weighted by atomic mass is 79.9. The van der Waals surface area contributed by atoms with Crippen LogP contribution in [0.25, 0.3) is 0 Å². The molecule has 0 aliphatic heterocycles. The van der Waals surface area contributed by atoms with Crippen LogP contribution in [-0.4, -0.2) is 31.0 Å². The van der Waals surface area contributed by atoms with Gasteiger partial charge in [0.15, 0.2) is 5.78 Å². The molecule has 4 aromatic carbocycles. The summed E-state index contributed by atoms with van der Waals surface area (Å²) in [7, 11) is -4.06. The van der Waals surface area contributed by atoms with Gasteiger partial charge in [0.1, 0.15) is 0 Å². The van der Waals surface area contributed by atoms with Gasteiger partial charge in [0.05, 0.1) is 17.1 Å². The van der Waals surface area contributed by atoms with E-state index in [4.69, 9.17) is 23.2 Å². The number of carbonyl (C=O) groups excluding carboxylic acids is 2. The summed E-state index contributed by atoms with van der Waals surface area (Å²) in [6.07, 6.45) is 0. The van der Waals surface area contributed by atoms with Gasteiger partial charge >= 0.3 is 0 Å². The normalized spacial score (nSPS) is 11.4. The Hall–Kier alpha value is -3.01. The molecule has 0 bridgehead atoms. The van der Waals surface area contributed by atoms with Crippen molar-refractivity contribution >= 4 is 66.5 Å². The number of rotatable bonds is 9. The van der Waals surface area contributed by atoms with E-state index in [0.29, 0.717) is 21.2 Å². The van der Waals surface area contributed by atoms with E-state index in [9.17, 15) is 18.0 Å². The Morgan fingerprint density at radius 3 is 2.11 bits per heavy atom. The van der Waals surface area contributed by atoms with E-state index < -0.39 is 22.5 Å². The molecule has 0 radical (unpaired) electrons. The van der Waals surface area contributed by atoms with Gasteiger partial charge in [-0.05, 0) is 60.2 Å². The van der Waals surface area contributed by atoms with Crippen molar-refractivity contribution in [1.29, 1.82) is 0 Å². The standard InChI is InChI=1S/C28H21BrCl2N2O4S/c29-21-8-13-24(14-9-21)38(36,37)33(17-19-6-10-22(30)11-7-19)18-27(34)32-26-15-12-23(31)16-25(26)28(35)20-4-2-1-3-5-20/h1-16H,17-18H2,(H,32,34). The van der Waals surface area contributed by atoms with Gasteiger partial charge in [-0.2, -0.15) is 4.31 Å². The molecule has 0 atom stereocenters. The molecule has 6 nitrogen and oxygen atoms in total. The van der Waals surface area contributed by atoms with Crippen LogP contribution in [0.3, 0.4) is 0 Å². The average Bonchev–Trinajstić information content (AvgIpc) is 2.91. The largest absolute Gasteiger partial charge is 0.324 e. The minimum absolute atomic E-state index is 0.0360. The summed E-state index contributed by atoms with van der Waals surface area (Å²) in [5.74, 6) is -0.951. The quantitative estimate of drug-likeness (QED) is 0.206. The zero-order chi connectivity index (χ0) is 27.3. The molecule has 0 aliphatic carbocycles. The summed E-state index contributed by atoms with van der Waals surface area (Å²) in [6.45, 7) is -0.567. The van der Waals surface area contributed by atoms with Crippen molar-refractivity contribution in [1.82, 2.24) is 4.31 Å². The maximum Gasteiger partial charge on any atom is 0.243 e. The van der Waals surface area contributed by atoms with E-state index >= 15 is 0 Å². The van der Waals surface area contributed by atoms with Crippen LogP contribution in [-0.2, 0) is 21.4 Å². The molecule has 0 saturated heterocycles. The predicted molar refractivity (Wildman–Crippen MR) is 153 cm³/mol. The third-order valence-electron chi connectivity index (χ3n) is 5.58. The maximum absolute atomic E-state index is 13.5. The Labute approximate surface area is 239 Å². The molecule has 1 amide bonds. The van der Waals surface area contributed by atoms with Gasteiger partial charge in [-0.15, -0.1) is 0 Å². The second kappa shape index (κ2) is 12.2. The summed E-state index contributed by atoms with van der Waals surface area (Å²) < 4.78 is 28.9. The Morgan fingerprint density at radius 2 is 1.45 bits per heavy atom. The second-order valence-corrected chi connectivity index (χ2v) is 12.0. The van der Waals surface area contributed by atoms with Gasteiger partial charge in [0.25, 0.3) is 0 Å².